The number of pyridine rings is 1. The van der Waals surface area contributed by atoms with Crippen LogP contribution in [-0.4, -0.2) is 59.8 Å². The summed E-state index contributed by atoms with van der Waals surface area (Å²) < 4.78 is 11.3. The number of aromatic amines is 1. The predicted molar refractivity (Wildman–Crippen MR) is 113 cm³/mol. The van der Waals surface area contributed by atoms with E-state index < -0.39 is 0 Å². The number of rotatable bonds is 8. The molecule has 0 aliphatic carbocycles. The fourth-order valence-corrected chi connectivity index (χ4v) is 3.75. The number of carbonyl (C=O) groups excluding carboxylic acids is 1. The number of nitrogens with zero attached hydrogens (tertiary/aromatic N) is 2. The fourth-order valence-electron chi connectivity index (χ4n) is 3.75. The third-order valence-electron chi connectivity index (χ3n) is 5.32. The third kappa shape index (κ3) is 5.09. The van der Waals surface area contributed by atoms with Crippen molar-refractivity contribution in [2.75, 3.05) is 32.8 Å². The topological polar surface area (TPSA) is 74.9 Å². The van der Waals surface area contributed by atoms with E-state index in [4.69, 9.17) is 9.47 Å². The summed E-state index contributed by atoms with van der Waals surface area (Å²) in [5.41, 5.74) is 1.14. The SMILES string of the molecule is CCOc1ccc2[nH]c(=O)c(CN(CC3CCCO3)C(=O)N(CC)CC)cc2c1. The van der Waals surface area contributed by atoms with E-state index in [2.05, 4.69) is 4.98 Å². The molecule has 1 aliphatic heterocycles. The molecule has 0 saturated carbocycles. The highest BCUT2D eigenvalue weighted by Crippen LogP contribution is 2.21. The van der Waals surface area contributed by atoms with Gasteiger partial charge in [-0.05, 0) is 57.9 Å². The maximum absolute atomic E-state index is 13.1. The second kappa shape index (κ2) is 9.78. The van der Waals surface area contributed by atoms with E-state index >= 15 is 0 Å². The van der Waals surface area contributed by atoms with Gasteiger partial charge in [0.2, 0.25) is 0 Å². The van der Waals surface area contributed by atoms with Crippen molar-refractivity contribution < 1.29 is 14.3 Å². The minimum atomic E-state index is -0.175. The number of carbonyl (C=O) groups is 1. The van der Waals surface area contributed by atoms with Crippen LogP contribution in [0.15, 0.2) is 29.1 Å². The molecular weight excluding hydrogens is 370 g/mol. The first kappa shape index (κ1) is 21.2. The Kier molecular flexibility index (Phi) is 7.14. The first-order chi connectivity index (χ1) is 14.0. The van der Waals surface area contributed by atoms with E-state index in [9.17, 15) is 9.59 Å². The Bertz CT molecular complexity index is 885. The van der Waals surface area contributed by atoms with Crippen LogP contribution in [0.25, 0.3) is 10.9 Å². The highest BCUT2D eigenvalue weighted by molar-refractivity contribution is 5.81. The molecule has 0 bridgehead atoms. The van der Waals surface area contributed by atoms with Crippen LogP contribution in [0.5, 0.6) is 5.75 Å². The second-order valence-corrected chi connectivity index (χ2v) is 7.28. The average molecular weight is 402 g/mol. The summed E-state index contributed by atoms with van der Waals surface area (Å²) in [7, 11) is 0. The molecule has 1 N–H and O–H groups in total. The molecule has 1 aromatic carbocycles. The summed E-state index contributed by atoms with van der Waals surface area (Å²) in [4.78, 5) is 32.2. The number of ether oxygens (including phenoxy) is 2. The molecule has 1 fully saturated rings. The van der Waals surface area contributed by atoms with E-state index in [0.29, 0.717) is 31.8 Å². The molecule has 1 saturated heterocycles. The third-order valence-corrected chi connectivity index (χ3v) is 5.32. The van der Waals surface area contributed by atoms with Gasteiger partial charge in [0.05, 0.1) is 19.3 Å². The molecule has 7 heteroatoms. The fraction of sp³-hybridized carbons (Fsp3) is 0.545. The monoisotopic (exact) mass is 401 g/mol. The van der Waals surface area contributed by atoms with Crippen molar-refractivity contribution in [3.05, 3.63) is 40.2 Å². The summed E-state index contributed by atoms with van der Waals surface area (Å²) in [6.07, 6.45) is 1.97. The van der Waals surface area contributed by atoms with Crippen molar-refractivity contribution in [3.8, 4) is 5.75 Å². The van der Waals surface area contributed by atoms with Crippen molar-refractivity contribution in [2.24, 2.45) is 0 Å². The van der Waals surface area contributed by atoms with Crippen LogP contribution < -0.4 is 10.3 Å². The Morgan fingerprint density at radius 1 is 1.21 bits per heavy atom. The maximum Gasteiger partial charge on any atom is 0.320 e. The predicted octanol–water partition coefficient (Wildman–Crippen LogP) is 3.37. The normalized spacial score (nSPS) is 16.2. The van der Waals surface area contributed by atoms with Crippen LogP contribution in [0.1, 0.15) is 39.2 Å². The molecule has 1 atom stereocenters. The van der Waals surface area contributed by atoms with Crippen LogP contribution in [0.2, 0.25) is 0 Å². The molecule has 1 unspecified atom stereocenters. The van der Waals surface area contributed by atoms with Gasteiger partial charge in [-0.2, -0.15) is 0 Å². The summed E-state index contributed by atoms with van der Waals surface area (Å²) in [6.45, 7) is 9.17. The zero-order valence-corrected chi connectivity index (χ0v) is 17.6. The maximum atomic E-state index is 13.1. The summed E-state index contributed by atoms with van der Waals surface area (Å²) in [5.74, 6) is 0.758. The molecule has 3 rings (SSSR count). The second-order valence-electron chi connectivity index (χ2n) is 7.28. The molecule has 2 heterocycles. The molecule has 0 spiro atoms. The van der Waals surface area contributed by atoms with Crippen molar-refractivity contribution in [3.63, 3.8) is 0 Å². The highest BCUT2D eigenvalue weighted by Gasteiger charge is 2.26. The molecule has 158 valence electrons. The number of benzene rings is 1. The summed E-state index contributed by atoms with van der Waals surface area (Å²) in [6, 6.07) is 7.39. The standard InChI is InChI=1S/C22H31N3O4/c1-4-24(5-2)22(27)25(15-19-8-7-11-29-19)14-17-12-16-13-18(28-6-3)9-10-20(16)23-21(17)26/h9-10,12-13,19H,4-8,11,14-15H2,1-3H3,(H,23,26). The van der Waals surface area contributed by atoms with Crippen molar-refractivity contribution in [2.45, 2.75) is 46.3 Å². The van der Waals surface area contributed by atoms with Gasteiger partial charge in [0.25, 0.3) is 5.56 Å². The molecule has 1 aliphatic rings. The van der Waals surface area contributed by atoms with Gasteiger partial charge in [-0.15, -0.1) is 0 Å². The molecule has 29 heavy (non-hydrogen) atoms. The van der Waals surface area contributed by atoms with E-state index in [1.165, 1.54) is 0 Å². The Morgan fingerprint density at radius 2 is 2.00 bits per heavy atom. The van der Waals surface area contributed by atoms with Crippen LogP contribution >= 0.6 is 0 Å². The summed E-state index contributed by atoms with van der Waals surface area (Å²) >= 11 is 0. The van der Waals surface area contributed by atoms with Gasteiger partial charge in [-0.3, -0.25) is 4.79 Å². The first-order valence-corrected chi connectivity index (χ1v) is 10.5. The number of fused-ring (bicyclic) bond motifs is 1. The molecule has 0 radical (unpaired) electrons. The Labute approximate surface area is 171 Å². The quantitative estimate of drug-likeness (QED) is 0.736. The molecule has 1 aromatic heterocycles. The van der Waals surface area contributed by atoms with Crippen LogP contribution in [0.4, 0.5) is 4.79 Å². The average Bonchev–Trinajstić information content (AvgIpc) is 3.22. The van der Waals surface area contributed by atoms with Gasteiger partial charge in [-0.1, -0.05) is 0 Å². The largest absolute Gasteiger partial charge is 0.494 e. The lowest BCUT2D eigenvalue weighted by molar-refractivity contribution is 0.0715. The van der Waals surface area contributed by atoms with Gasteiger partial charge in [0.15, 0.2) is 0 Å². The zero-order valence-electron chi connectivity index (χ0n) is 17.6. The Morgan fingerprint density at radius 3 is 2.66 bits per heavy atom. The van der Waals surface area contributed by atoms with Gasteiger partial charge in [-0.25, -0.2) is 4.79 Å². The molecule has 2 amide bonds. The first-order valence-electron chi connectivity index (χ1n) is 10.5. The van der Waals surface area contributed by atoms with E-state index in [1.54, 1.807) is 9.80 Å². The van der Waals surface area contributed by atoms with Gasteiger partial charge in [0, 0.05) is 42.7 Å². The number of hydrogen-bond donors (Lipinski definition) is 1. The van der Waals surface area contributed by atoms with Gasteiger partial charge < -0.3 is 24.3 Å². The number of hydrogen-bond acceptors (Lipinski definition) is 4. The number of urea groups is 1. The minimum absolute atomic E-state index is 0.0265. The minimum Gasteiger partial charge on any atom is -0.494 e. The zero-order chi connectivity index (χ0) is 20.8. The van der Waals surface area contributed by atoms with Crippen molar-refractivity contribution >= 4 is 16.9 Å². The van der Waals surface area contributed by atoms with E-state index in [1.807, 2.05) is 45.0 Å². The number of aromatic nitrogens is 1. The van der Waals surface area contributed by atoms with Gasteiger partial charge >= 0.3 is 6.03 Å². The van der Waals surface area contributed by atoms with E-state index in [-0.39, 0.29) is 24.2 Å². The Balaban J connectivity index is 1.90. The van der Waals surface area contributed by atoms with Crippen LogP contribution in [-0.2, 0) is 11.3 Å². The highest BCUT2D eigenvalue weighted by atomic mass is 16.5. The molecule has 7 nitrogen and oxygen atoms in total. The lowest BCUT2D eigenvalue weighted by Gasteiger charge is -2.31. The van der Waals surface area contributed by atoms with Crippen molar-refractivity contribution in [1.82, 2.24) is 14.8 Å². The number of H-pyrrole nitrogens is 1. The molecular formula is C22H31N3O4. The smallest absolute Gasteiger partial charge is 0.320 e. The van der Waals surface area contributed by atoms with Crippen LogP contribution in [0.3, 0.4) is 0 Å². The van der Waals surface area contributed by atoms with Crippen LogP contribution in [0, 0.1) is 0 Å². The van der Waals surface area contributed by atoms with Crippen molar-refractivity contribution in [1.29, 1.82) is 0 Å². The summed E-state index contributed by atoms with van der Waals surface area (Å²) in [5, 5.41) is 0.887. The molecule has 2 aromatic rings. The lowest BCUT2D eigenvalue weighted by Crippen LogP contribution is -2.46. The van der Waals surface area contributed by atoms with Gasteiger partial charge in [0.1, 0.15) is 5.75 Å². The number of nitrogens with one attached hydrogen (secondary N) is 1. The Hall–Kier alpha value is -2.54. The number of amides is 2. The van der Waals surface area contributed by atoms with E-state index in [0.717, 1.165) is 36.1 Å². The lowest BCUT2D eigenvalue weighted by atomic mass is 10.1.